The minimum absolute atomic E-state index is 0.0796. The van der Waals surface area contributed by atoms with Gasteiger partial charge in [0.1, 0.15) is 35.4 Å². The Balaban J connectivity index is 1.52. The number of thiophene rings is 2. The second-order valence-corrected chi connectivity index (χ2v) is 11.3. The Morgan fingerprint density at radius 3 is 1.46 bits per heavy atom. The molecule has 0 saturated heterocycles. The molecular formula is C34H17N5S2. The number of nitrogens with zero attached hydrogens (tertiary/aromatic N) is 5. The molecule has 0 aliphatic heterocycles. The van der Waals surface area contributed by atoms with Crippen LogP contribution in [0, 0.1) is 45.3 Å². The van der Waals surface area contributed by atoms with Gasteiger partial charge in [-0.05, 0) is 83.9 Å². The van der Waals surface area contributed by atoms with Gasteiger partial charge >= 0.3 is 0 Å². The molecule has 6 rings (SSSR count). The minimum atomic E-state index is 0.0796. The van der Waals surface area contributed by atoms with Crippen molar-refractivity contribution >= 4 is 56.6 Å². The average Bonchev–Trinajstić information content (AvgIpc) is 3.76. The lowest BCUT2D eigenvalue weighted by Gasteiger charge is -2.08. The van der Waals surface area contributed by atoms with Crippen molar-refractivity contribution in [2.45, 2.75) is 0 Å². The molecule has 0 aliphatic rings. The first kappa shape index (κ1) is 25.6. The third-order valence-corrected chi connectivity index (χ3v) is 8.82. The fourth-order valence-electron chi connectivity index (χ4n) is 4.82. The zero-order valence-corrected chi connectivity index (χ0v) is 23.0. The molecule has 0 fully saturated rings. The third kappa shape index (κ3) is 4.80. The number of aromatic nitrogens is 1. The standard InChI is InChI=1S/C34H17N5S2/c35-18-22(19-36)14-27-8-12-33(40-27)24-6-10-31-29(16-24)30-17-25(34-13-9-28(41-34)15-23(20-37)21-38)7-11-32(30)39(31)26-4-2-1-3-5-26/h1-17H. The number of fused-ring (bicyclic) bond motifs is 3. The smallest absolute Gasteiger partial charge is 0.131 e. The molecule has 0 radical (unpaired) electrons. The van der Waals surface area contributed by atoms with Crippen molar-refractivity contribution in [3.05, 3.63) is 112 Å². The second kappa shape index (κ2) is 10.8. The Labute approximate surface area is 244 Å². The van der Waals surface area contributed by atoms with E-state index in [1.54, 1.807) is 12.2 Å². The van der Waals surface area contributed by atoms with Crippen LogP contribution in [0.4, 0.5) is 0 Å². The van der Waals surface area contributed by atoms with Crippen molar-refractivity contribution in [3.8, 4) is 50.8 Å². The van der Waals surface area contributed by atoms with E-state index >= 15 is 0 Å². The summed E-state index contributed by atoms with van der Waals surface area (Å²) in [6.07, 6.45) is 3.22. The van der Waals surface area contributed by atoms with E-state index in [1.165, 1.54) is 22.7 Å². The number of allylic oxidation sites excluding steroid dienone is 2. The zero-order valence-electron chi connectivity index (χ0n) is 21.4. The van der Waals surface area contributed by atoms with Gasteiger partial charge in [-0.15, -0.1) is 22.7 Å². The van der Waals surface area contributed by atoms with Crippen LogP contribution in [0.25, 0.3) is 60.5 Å². The van der Waals surface area contributed by atoms with E-state index in [9.17, 15) is 0 Å². The second-order valence-electron chi connectivity index (χ2n) is 9.10. The number of hydrogen-bond acceptors (Lipinski definition) is 6. The summed E-state index contributed by atoms with van der Waals surface area (Å²) in [4.78, 5) is 3.80. The summed E-state index contributed by atoms with van der Waals surface area (Å²) in [5, 5.41) is 38.7. The maximum Gasteiger partial charge on any atom is 0.131 e. The molecule has 41 heavy (non-hydrogen) atoms. The lowest BCUT2D eigenvalue weighted by atomic mass is 10.1. The average molecular weight is 560 g/mol. The van der Waals surface area contributed by atoms with E-state index in [-0.39, 0.29) is 11.1 Å². The van der Waals surface area contributed by atoms with Crippen LogP contribution in [0.2, 0.25) is 0 Å². The van der Waals surface area contributed by atoms with Crippen molar-refractivity contribution in [2.75, 3.05) is 0 Å². The van der Waals surface area contributed by atoms with Crippen LogP contribution in [-0.4, -0.2) is 4.57 Å². The fraction of sp³-hybridized carbons (Fsp3) is 0. The molecule has 5 nitrogen and oxygen atoms in total. The number of benzene rings is 3. The van der Waals surface area contributed by atoms with E-state index in [0.29, 0.717) is 0 Å². The van der Waals surface area contributed by atoms with Crippen molar-refractivity contribution in [1.82, 2.24) is 4.57 Å². The maximum absolute atomic E-state index is 9.13. The molecule has 3 heterocycles. The van der Waals surface area contributed by atoms with Crippen molar-refractivity contribution in [3.63, 3.8) is 0 Å². The minimum Gasteiger partial charge on any atom is -0.309 e. The highest BCUT2D eigenvalue weighted by Crippen LogP contribution is 2.39. The molecule has 0 spiro atoms. The van der Waals surface area contributed by atoms with Crippen molar-refractivity contribution in [1.29, 1.82) is 21.0 Å². The zero-order chi connectivity index (χ0) is 28.3. The van der Waals surface area contributed by atoms with Gasteiger partial charge in [-0.2, -0.15) is 21.0 Å². The van der Waals surface area contributed by atoms with Gasteiger partial charge in [0.05, 0.1) is 11.0 Å². The normalized spacial score (nSPS) is 10.3. The van der Waals surface area contributed by atoms with E-state index in [2.05, 4.69) is 53.1 Å². The molecule has 0 saturated carbocycles. The van der Waals surface area contributed by atoms with Gasteiger partial charge in [-0.3, -0.25) is 0 Å². The first-order valence-corrected chi connectivity index (χ1v) is 14.1. The van der Waals surface area contributed by atoms with Gasteiger partial charge in [-0.1, -0.05) is 30.3 Å². The Kier molecular flexibility index (Phi) is 6.75. The summed E-state index contributed by atoms with van der Waals surface area (Å²) in [5.74, 6) is 0. The van der Waals surface area contributed by atoms with Gasteiger partial charge in [0.25, 0.3) is 0 Å². The van der Waals surface area contributed by atoms with Crippen molar-refractivity contribution < 1.29 is 0 Å². The van der Waals surface area contributed by atoms with Crippen LogP contribution < -0.4 is 0 Å². The first-order chi connectivity index (χ1) is 20.1. The predicted molar refractivity (Wildman–Crippen MR) is 166 cm³/mol. The van der Waals surface area contributed by atoms with Crippen LogP contribution in [0.1, 0.15) is 9.75 Å². The number of para-hydroxylation sites is 1. The van der Waals surface area contributed by atoms with E-state index in [4.69, 9.17) is 21.0 Å². The summed E-state index contributed by atoms with van der Waals surface area (Å²) in [6.45, 7) is 0. The van der Waals surface area contributed by atoms with Gasteiger partial charge < -0.3 is 4.57 Å². The van der Waals surface area contributed by atoms with Crippen LogP contribution in [-0.2, 0) is 0 Å². The fourth-order valence-corrected chi connectivity index (χ4v) is 6.72. The summed E-state index contributed by atoms with van der Waals surface area (Å²) >= 11 is 3.08. The van der Waals surface area contributed by atoms with Gasteiger partial charge in [0.15, 0.2) is 0 Å². The van der Waals surface area contributed by atoms with Crippen LogP contribution in [0.3, 0.4) is 0 Å². The molecule has 6 aromatic rings. The SMILES string of the molecule is N#CC(C#N)=Cc1ccc(-c2ccc3c(c2)c2cc(-c4ccc(C=C(C#N)C#N)s4)ccc2n3-c2ccccc2)s1. The lowest BCUT2D eigenvalue weighted by molar-refractivity contribution is 1.18. The Morgan fingerprint density at radius 1 is 0.561 bits per heavy atom. The molecule has 0 amide bonds. The molecule has 0 atom stereocenters. The van der Waals surface area contributed by atoms with Gasteiger partial charge in [0, 0.05) is 36.0 Å². The first-order valence-electron chi connectivity index (χ1n) is 12.5. The topological polar surface area (TPSA) is 100 Å². The highest BCUT2D eigenvalue weighted by molar-refractivity contribution is 7.16. The van der Waals surface area contributed by atoms with E-state index < -0.39 is 0 Å². The maximum atomic E-state index is 9.13. The van der Waals surface area contributed by atoms with E-state index in [0.717, 1.165) is 58.1 Å². The summed E-state index contributed by atoms with van der Waals surface area (Å²) in [5.41, 5.74) is 5.51. The molecular weight excluding hydrogens is 543 g/mol. The van der Waals surface area contributed by atoms with Crippen LogP contribution >= 0.6 is 22.7 Å². The number of hydrogen-bond donors (Lipinski definition) is 0. The Morgan fingerprint density at radius 2 is 1.02 bits per heavy atom. The summed E-state index contributed by atoms with van der Waals surface area (Å²) in [6, 6.07) is 38.7. The highest BCUT2D eigenvalue weighted by atomic mass is 32.1. The predicted octanol–water partition coefficient (Wildman–Crippen LogP) is 9.10. The largest absolute Gasteiger partial charge is 0.309 e. The molecule has 190 valence electrons. The Hall–Kier alpha value is -5.70. The third-order valence-electron chi connectivity index (χ3n) is 6.66. The summed E-state index contributed by atoms with van der Waals surface area (Å²) < 4.78 is 2.27. The number of nitriles is 4. The molecule has 0 bridgehead atoms. The molecule has 3 aromatic carbocycles. The molecule has 0 N–H and O–H groups in total. The van der Waals surface area contributed by atoms with E-state index in [1.807, 2.05) is 66.7 Å². The van der Waals surface area contributed by atoms with Crippen LogP contribution in [0.5, 0.6) is 0 Å². The Bertz CT molecular complexity index is 2030. The molecule has 3 aromatic heterocycles. The molecule has 0 unspecified atom stereocenters. The monoisotopic (exact) mass is 559 g/mol. The number of rotatable bonds is 5. The molecule has 7 heteroatoms. The molecule has 0 aliphatic carbocycles. The summed E-state index contributed by atoms with van der Waals surface area (Å²) in [7, 11) is 0. The van der Waals surface area contributed by atoms with Crippen LogP contribution in [0.15, 0.2) is 102 Å². The highest BCUT2D eigenvalue weighted by Gasteiger charge is 2.15. The lowest BCUT2D eigenvalue weighted by Crippen LogP contribution is -1.92. The van der Waals surface area contributed by atoms with Gasteiger partial charge in [-0.25, -0.2) is 0 Å². The van der Waals surface area contributed by atoms with Gasteiger partial charge in [0.2, 0.25) is 0 Å². The van der Waals surface area contributed by atoms with Crippen molar-refractivity contribution in [2.24, 2.45) is 0 Å². The quantitative estimate of drug-likeness (QED) is 0.197.